The molecule has 1 aromatic rings. The van der Waals surface area contributed by atoms with Crippen LogP contribution in [0.1, 0.15) is 16.4 Å². The minimum Gasteiger partial charge on any atom is -0.158 e. The Morgan fingerprint density at radius 3 is 2.62 bits per heavy atom. The average Bonchev–Trinajstić information content (AvgIpc) is 2.45. The Hall–Kier alpha value is -0.400. The van der Waals surface area contributed by atoms with Crippen molar-refractivity contribution in [3.05, 3.63) is 41.5 Å². The molecule has 1 aliphatic carbocycles. The summed E-state index contributed by atoms with van der Waals surface area (Å²) in [7, 11) is 5.37. The standard InChI is InChI=1S/C11H13ClS/c1-13(2,12)11-8-7-9-5-3-4-6-10(9)11/h3-8,11H,1-2H3. The molecule has 1 aromatic carbocycles. The number of fused-ring (bicyclic) bond motifs is 1. The van der Waals surface area contributed by atoms with Crippen LogP contribution in [-0.4, -0.2) is 12.5 Å². The van der Waals surface area contributed by atoms with Gasteiger partial charge in [-0.1, -0.05) is 47.1 Å². The zero-order valence-corrected chi connectivity index (χ0v) is 9.40. The molecule has 70 valence electrons. The lowest BCUT2D eigenvalue weighted by molar-refractivity contribution is 1.25. The minimum absolute atomic E-state index is 0.436. The Balaban J connectivity index is 2.45. The second-order valence-corrected chi connectivity index (χ2v) is 9.13. The van der Waals surface area contributed by atoms with E-state index in [4.69, 9.17) is 10.7 Å². The van der Waals surface area contributed by atoms with E-state index in [1.54, 1.807) is 0 Å². The summed E-state index contributed by atoms with van der Waals surface area (Å²) >= 11 is 0. The number of rotatable bonds is 1. The van der Waals surface area contributed by atoms with Crippen LogP contribution in [0.3, 0.4) is 0 Å². The molecule has 0 fully saturated rings. The summed E-state index contributed by atoms with van der Waals surface area (Å²) in [6.45, 7) is 0. The molecule has 2 heteroatoms. The van der Waals surface area contributed by atoms with Gasteiger partial charge >= 0.3 is 0 Å². The Labute approximate surface area is 85.4 Å². The summed E-state index contributed by atoms with van der Waals surface area (Å²) in [6.07, 6.45) is 8.70. The van der Waals surface area contributed by atoms with E-state index in [9.17, 15) is 0 Å². The van der Waals surface area contributed by atoms with Crippen LogP contribution in [0.4, 0.5) is 0 Å². The van der Waals surface area contributed by atoms with E-state index >= 15 is 0 Å². The summed E-state index contributed by atoms with van der Waals surface area (Å²) < 4.78 is 0. The van der Waals surface area contributed by atoms with E-state index in [0.29, 0.717) is 5.25 Å². The fraction of sp³-hybridized carbons (Fsp3) is 0.273. The first-order valence-corrected chi connectivity index (χ1v) is 7.62. The van der Waals surface area contributed by atoms with Gasteiger partial charge in [-0.2, -0.15) is 9.24 Å². The van der Waals surface area contributed by atoms with Crippen LogP contribution in [0, 0.1) is 0 Å². The zero-order valence-electron chi connectivity index (χ0n) is 7.83. The third-order valence-corrected chi connectivity index (χ3v) is 4.55. The molecular formula is C11H13ClS. The van der Waals surface area contributed by atoms with Gasteiger partial charge in [0.25, 0.3) is 0 Å². The van der Waals surface area contributed by atoms with Crippen molar-refractivity contribution in [2.45, 2.75) is 5.25 Å². The van der Waals surface area contributed by atoms with Crippen molar-refractivity contribution in [3.8, 4) is 0 Å². The highest BCUT2D eigenvalue weighted by Gasteiger charge is 2.26. The van der Waals surface area contributed by atoms with Crippen LogP contribution in [0.25, 0.3) is 6.08 Å². The van der Waals surface area contributed by atoms with Crippen LogP contribution in [0.5, 0.6) is 0 Å². The van der Waals surface area contributed by atoms with Crippen molar-refractivity contribution in [2.24, 2.45) is 0 Å². The molecule has 0 spiro atoms. The second-order valence-electron chi connectivity index (χ2n) is 3.69. The molecule has 13 heavy (non-hydrogen) atoms. The highest BCUT2D eigenvalue weighted by molar-refractivity contribution is 8.50. The molecule has 0 radical (unpaired) electrons. The van der Waals surface area contributed by atoms with E-state index in [1.165, 1.54) is 11.1 Å². The van der Waals surface area contributed by atoms with E-state index in [-0.39, 0.29) is 0 Å². The van der Waals surface area contributed by atoms with E-state index in [1.807, 2.05) is 0 Å². The van der Waals surface area contributed by atoms with E-state index in [0.717, 1.165) is 0 Å². The van der Waals surface area contributed by atoms with Crippen molar-refractivity contribution >= 4 is 26.0 Å². The molecule has 0 saturated carbocycles. The number of halogens is 1. The summed E-state index contributed by atoms with van der Waals surface area (Å²) in [5.41, 5.74) is 2.71. The first kappa shape index (κ1) is 9.17. The summed E-state index contributed by atoms with van der Waals surface area (Å²) in [6, 6.07) is 8.48. The van der Waals surface area contributed by atoms with E-state index < -0.39 is 9.24 Å². The Morgan fingerprint density at radius 1 is 1.23 bits per heavy atom. The molecule has 0 aliphatic heterocycles. The van der Waals surface area contributed by atoms with Crippen molar-refractivity contribution < 1.29 is 0 Å². The number of hydrogen-bond acceptors (Lipinski definition) is 0. The van der Waals surface area contributed by atoms with Crippen LogP contribution < -0.4 is 0 Å². The van der Waals surface area contributed by atoms with Gasteiger partial charge in [-0.15, -0.1) is 0 Å². The topological polar surface area (TPSA) is 0 Å². The SMILES string of the molecule is CS(C)(Cl)C1C=Cc2ccccc21. The molecule has 1 aliphatic rings. The van der Waals surface area contributed by atoms with Gasteiger partial charge in [0.1, 0.15) is 0 Å². The van der Waals surface area contributed by atoms with Gasteiger partial charge in [0.05, 0.1) is 0 Å². The third-order valence-electron chi connectivity index (χ3n) is 2.36. The molecule has 0 N–H and O–H groups in total. The van der Waals surface area contributed by atoms with Crippen molar-refractivity contribution in [2.75, 3.05) is 12.5 Å². The lowest BCUT2D eigenvalue weighted by Crippen LogP contribution is -1.98. The van der Waals surface area contributed by atoms with Crippen molar-refractivity contribution in [3.63, 3.8) is 0 Å². The Kier molecular flexibility index (Phi) is 2.17. The predicted molar refractivity (Wildman–Crippen MR) is 63.5 cm³/mol. The highest BCUT2D eigenvalue weighted by Crippen LogP contribution is 2.61. The first-order valence-electron chi connectivity index (χ1n) is 4.28. The fourth-order valence-corrected chi connectivity index (χ4v) is 3.44. The van der Waals surface area contributed by atoms with Gasteiger partial charge in [0.2, 0.25) is 0 Å². The quantitative estimate of drug-likeness (QED) is 0.661. The molecule has 0 amide bonds. The minimum atomic E-state index is -1.03. The molecule has 1 atom stereocenters. The first-order chi connectivity index (χ1) is 6.09. The number of benzene rings is 1. The van der Waals surface area contributed by atoms with Gasteiger partial charge in [-0.25, -0.2) is 0 Å². The monoisotopic (exact) mass is 212 g/mol. The zero-order chi connectivity index (χ0) is 9.47. The summed E-state index contributed by atoms with van der Waals surface area (Å²) in [5, 5.41) is 0.436. The highest BCUT2D eigenvalue weighted by atomic mass is 35.7. The second kappa shape index (κ2) is 3.07. The third kappa shape index (κ3) is 1.63. The van der Waals surface area contributed by atoms with Gasteiger partial charge in [0, 0.05) is 5.25 Å². The van der Waals surface area contributed by atoms with Gasteiger partial charge < -0.3 is 0 Å². The van der Waals surface area contributed by atoms with E-state index in [2.05, 4.69) is 48.9 Å². The maximum atomic E-state index is 6.40. The molecule has 1 unspecified atom stereocenters. The van der Waals surface area contributed by atoms with Gasteiger partial charge in [0.15, 0.2) is 0 Å². The molecule has 0 nitrogen and oxygen atoms in total. The number of hydrogen-bond donors (Lipinski definition) is 0. The maximum absolute atomic E-state index is 6.40. The summed E-state index contributed by atoms with van der Waals surface area (Å²) in [4.78, 5) is 0. The molecule has 0 bridgehead atoms. The molecule has 2 rings (SSSR count). The van der Waals surface area contributed by atoms with Crippen LogP contribution in [0.2, 0.25) is 0 Å². The lowest BCUT2D eigenvalue weighted by atomic mass is 10.1. The van der Waals surface area contributed by atoms with Crippen LogP contribution in [0.15, 0.2) is 30.3 Å². The van der Waals surface area contributed by atoms with Crippen molar-refractivity contribution in [1.82, 2.24) is 0 Å². The Morgan fingerprint density at radius 2 is 1.92 bits per heavy atom. The largest absolute Gasteiger partial charge is 0.158 e. The Bertz CT molecular complexity index is 349. The molecular weight excluding hydrogens is 200 g/mol. The lowest BCUT2D eigenvalue weighted by Gasteiger charge is -2.29. The van der Waals surface area contributed by atoms with Crippen LogP contribution in [-0.2, 0) is 0 Å². The molecule has 0 saturated heterocycles. The van der Waals surface area contributed by atoms with Crippen LogP contribution >= 0.6 is 19.9 Å². The molecule has 0 aromatic heterocycles. The molecule has 0 heterocycles. The normalized spacial score (nSPS) is 21.6. The average molecular weight is 213 g/mol. The summed E-state index contributed by atoms with van der Waals surface area (Å²) in [5.74, 6) is 0. The maximum Gasteiger partial charge on any atom is 0.0447 e. The smallest absolute Gasteiger partial charge is 0.0447 e. The predicted octanol–water partition coefficient (Wildman–Crippen LogP) is 3.97. The van der Waals surface area contributed by atoms with Gasteiger partial charge in [-0.3, -0.25) is 0 Å². The van der Waals surface area contributed by atoms with Gasteiger partial charge in [-0.05, 0) is 23.6 Å². The fourth-order valence-electron chi connectivity index (χ4n) is 1.71. The van der Waals surface area contributed by atoms with Crippen molar-refractivity contribution in [1.29, 1.82) is 0 Å².